The number of carbonyl (C=O) groups is 1. The number of ketones is 1. The summed E-state index contributed by atoms with van der Waals surface area (Å²) in [5.74, 6) is 0.0802. The average Bonchev–Trinajstić information content (AvgIpc) is 3.24. The molecule has 8 nitrogen and oxygen atoms in total. The molecule has 0 atom stereocenters. The van der Waals surface area contributed by atoms with Crippen LogP contribution in [0.15, 0.2) is 36.9 Å². The third kappa shape index (κ3) is 4.77. The van der Waals surface area contributed by atoms with Crippen LogP contribution in [0.2, 0.25) is 0 Å². The normalized spacial score (nSPS) is 14.2. The molecule has 3 aromatic rings. The number of nitrogens with one attached hydrogen (secondary N) is 1. The van der Waals surface area contributed by atoms with Gasteiger partial charge in [0.15, 0.2) is 17.3 Å². The number of methoxy groups -OCH3 is 1. The monoisotopic (exact) mass is 438 g/mol. The molecule has 0 radical (unpaired) electrons. The lowest BCUT2D eigenvalue weighted by Gasteiger charge is -2.35. The Morgan fingerprint density at radius 2 is 1.97 bits per heavy atom. The maximum absolute atomic E-state index is 14.7. The number of benzene rings is 1. The van der Waals surface area contributed by atoms with Crippen molar-refractivity contribution in [2.45, 2.75) is 32.2 Å². The zero-order chi connectivity index (χ0) is 22.7. The van der Waals surface area contributed by atoms with Crippen LogP contribution in [0, 0.1) is 5.82 Å². The van der Waals surface area contributed by atoms with Crippen LogP contribution in [0.5, 0.6) is 5.75 Å². The van der Waals surface area contributed by atoms with Gasteiger partial charge < -0.3 is 15.0 Å². The molecule has 1 fully saturated rings. The van der Waals surface area contributed by atoms with Crippen LogP contribution >= 0.6 is 0 Å². The van der Waals surface area contributed by atoms with Crippen LogP contribution in [-0.4, -0.2) is 57.7 Å². The molecule has 1 aliphatic heterocycles. The highest BCUT2D eigenvalue weighted by molar-refractivity contribution is 5.96. The van der Waals surface area contributed by atoms with Crippen LogP contribution in [0.25, 0.3) is 0 Å². The number of aryl methyl sites for hydroxylation is 2. The summed E-state index contributed by atoms with van der Waals surface area (Å²) >= 11 is 0. The molecule has 168 valence electrons. The van der Waals surface area contributed by atoms with Gasteiger partial charge in [0.25, 0.3) is 0 Å². The second-order valence-electron chi connectivity index (χ2n) is 8.05. The van der Waals surface area contributed by atoms with Gasteiger partial charge in [0.2, 0.25) is 5.95 Å². The van der Waals surface area contributed by atoms with Crippen molar-refractivity contribution >= 4 is 17.4 Å². The van der Waals surface area contributed by atoms with Gasteiger partial charge in [0.1, 0.15) is 0 Å². The lowest BCUT2D eigenvalue weighted by molar-refractivity contribution is 0.0987. The van der Waals surface area contributed by atoms with E-state index in [0.717, 1.165) is 24.3 Å². The first kappa shape index (κ1) is 21.9. The SMILES string of the molecule is CCC(=O)c1cc(CCc2cnc(Nc3cnn(C4CN(C)C4)c3)nc2)c(F)c(OC)c1. The largest absolute Gasteiger partial charge is 0.494 e. The molecule has 9 heteroatoms. The second kappa shape index (κ2) is 9.44. The minimum atomic E-state index is -0.436. The lowest BCUT2D eigenvalue weighted by atomic mass is 10.00. The number of ether oxygens (including phenoxy) is 1. The number of anilines is 2. The standard InChI is InChI=1S/C23H27FN6O2/c1-4-20(31)17-7-16(22(24)21(8-17)32-3)6-5-15-9-25-23(26-10-15)28-18-11-27-30(12-18)19-13-29(2)14-19/h7-12,19H,4-6,13-14H2,1-3H3,(H,25,26,28). The number of carbonyl (C=O) groups excluding carboxylic acids is 1. The summed E-state index contributed by atoms with van der Waals surface area (Å²) in [7, 11) is 3.48. The molecule has 1 N–H and O–H groups in total. The molecule has 1 aliphatic rings. The maximum atomic E-state index is 14.7. The number of hydrogen-bond donors (Lipinski definition) is 1. The van der Waals surface area contributed by atoms with E-state index in [1.54, 1.807) is 31.6 Å². The van der Waals surface area contributed by atoms with E-state index < -0.39 is 5.82 Å². The van der Waals surface area contributed by atoms with Crippen LogP contribution in [0.1, 0.15) is 40.9 Å². The molecule has 32 heavy (non-hydrogen) atoms. The average molecular weight is 439 g/mol. The summed E-state index contributed by atoms with van der Waals surface area (Å²) in [4.78, 5) is 23.0. The molecule has 1 aromatic carbocycles. The lowest BCUT2D eigenvalue weighted by Crippen LogP contribution is -2.45. The van der Waals surface area contributed by atoms with Crippen molar-refractivity contribution in [2.24, 2.45) is 0 Å². The van der Waals surface area contributed by atoms with E-state index in [4.69, 9.17) is 4.74 Å². The highest BCUT2D eigenvalue weighted by Gasteiger charge is 2.25. The van der Waals surface area contributed by atoms with E-state index in [-0.39, 0.29) is 11.5 Å². The van der Waals surface area contributed by atoms with Gasteiger partial charge in [-0.25, -0.2) is 14.4 Å². The predicted octanol–water partition coefficient (Wildman–Crippen LogP) is 3.43. The van der Waals surface area contributed by atoms with Crippen molar-refractivity contribution in [2.75, 3.05) is 32.6 Å². The first-order chi connectivity index (χ1) is 15.5. The summed E-state index contributed by atoms with van der Waals surface area (Å²) in [6, 6.07) is 3.47. The summed E-state index contributed by atoms with van der Waals surface area (Å²) in [6.07, 6.45) is 8.45. The number of likely N-dealkylation sites (tertiary alicyclic amines) is 1. The highest BCUT2D eigenvalue weighted by Crippen LogP contribution is 2.25. The number of hydrogen-bond acceptors (Lipinski definition) is 7. The van der Waals surface area contributed by atoms with Crippen molar-refractivity contribution in [1.29, 1.82) is 0 Å². The molecular weight excluding hydrogens is 411 g/mol. The Balaban J connectivity index is 1.38. The van der Waals surface area contributed by atoms with Gasteiger partial charge in [-0.05, 0) is 43.1 Å². The van der Waals surface area contributed by atoms with Crippen molar-refractivity contribution < 1.29 is 13.9 Å². The number of nitrogens with zero attached hydrogens (tertiary/aromatic N) is 5. The smallest absolute Gasteiger partial charge is 0.227 e. The minimum absolute atomic E-state index is 0.0454. The number of likely N-dealkylation sites (N-methyl/N-ethyl adjacent to an activating group) is 1. The third-order valence-corrected chi connectivity index (χ3v) is 5.64. The Kier molecular flexibility index (Phi) is 6.45. The van der Waals surface area contributed by atoms with E-state index in [2.05, 4.69) is 32.3 Å². The number of aromatic nitrogens is 4. The van der Waals surface area contributed by atoms with E-state index in [1.165, 1.54) is 13.2 Å². The van der Waals surface area contributed by atoms with Gasteiger partial charge in [0.05, 0.1) is 25.0 Å². The van der Waals surface area contributed by atoms with Crippen molar-refractivity contribution in [3.05, 3.63) is 59.4 Å². The fourth-order valence-corrected chi connectivity index (χ4v) is 3.74. The van der Waals surface area contributed by atoms with Crippen molar-refractivity contribution in [1.82, 2.24) is 24.6 Å². The van der Waals surface area contributed by atoms with E-state index >= 15 is 0 Å². The molecule has 4 rings (SSSR count). The number of halogens is 1. The predicted molar refractivity (Wildman–Crippen MR) is 119 cm³/mol. The Hall–Kier alpha value is -3.33. The summed E-state index contributed by atoms with van der Waals surface area (Å²) in [5.41, 5.74) is 2.61. The molecule has 0 bridgehead atoms. The maximum Gasteiger partial charge on any atom is 0.227 e. The number of rotatable bonds is 9. The summed E-state index contributed by atoms with van der Waals surface area (Å²) in [6.45, 7) is 3.77. The highest BCUT2D eigenvalue weighted by atomic mass is 19.1. The van der Waals surface area contributed by atoms with Crippen molar-refractivity contribution in [3.8, 4) is 5.75 Å². The van der Waals surface area contributed by atoms with E-state index in [9.17, 15) is 9.18 Å². The Morgan fingerprint density at radius 3 is 2.62 bits per heavy atom. The van der Waals surface area contributed by atoms with Crippen LogP contribution in [-0.2, 0) is 12.8 Å². The Morgan fingerprint density at radius 1 is 1.22 bits per heavy atom. The number of Topliss-reactive ketones (excluding diaryl/α,β-unsaturated/α-hetero) is 1. The molecule has 0 spiro atoms. The quantitative estimate of drug-likeness (QED) is 0.512. The first-order valence-electron chi connectivity index (χ1n) is 10.7. The van der Waals surface area contributed by atoms with Gasteiger partial charge in [0, 0.05) is 43.7 Å². The molecule has 2 aromatic heterocycles. The fraction of sp³-hybridized carbons (Fsp3) is 0.391. The molecule has 0 amide bonds. The second-order valence-corrected chi connectivity index (χ2v) is 8.05. The summed E-state index contributed by atoms with van der Waals surface area (Å²) < 4.78 is 21.7. The molecule has 0 aliphatic carbocycles. The Bertz CT molecular complexity index is 1090. The van der Waals surface area contributed by atoms with Gasteiger partial charge in [-0.3, -0.25) is 9.48 Å². The molecule has 1 saturated heterocycles. The molecule has 0 unspecified atom stereocenters. The Labute approximate surface area is 186 Å². The van der Waals surface area contributed by atoms with E-state index in [1.807, 2.05) is 10.9 Å². The first-order valence-corrected chi connectivity index (χ1v) is 10.7. The van der Waals surface area contributed by atoms with E-state index in [0.29, 0.717) is 42.4 Å². The van der Waals surface area contributed by atoms with Gasteiger partial charge in [-0.1, -0.05) is 6.92 Å². The van der Waals surface area contributed by atoms with Gasteiger partial charge >= 0.3 is 0 Å². The zero-order valence-corrected chi connectivity index (χ0v) is 18.5. The van der Waals surface area contributed by atoms with Gasteiger partial charge in [-0.2, -0.15) is 5.10 Å². The fourth-order valence-electron chi connectivity index (χ4n) is 3.74. The topological polar surface area (TPSA) is 85.2 Å². The van der Waals surface area contributed by atoms with Crippen LogP contribution < -0.4 is 10.1 Å². The third-order valence-electron chi connectivity index (χ3n) is 5.64. The molecule has 3 heterocycles. The minimum Gasteiger partial charge on any atom is -0.494 e. The molecular formula is C23H27FN6O2. The summed E-state index contributed by atoms with van der Waals surface area (Å²) in [5, 5.41) is 7.56. The van der Waals surface area contributed by atoms with Gasteiger partial charge in [-0.15, -0.1) is 0 Å². The van der Waals surface area contributed by atoms with Crippen molar-refractivity contribution in [3.63, 3.8) is 0 Å². The van der Waals surface area contributed by atoms with Crippen LogP contribution in [0.4, 0.5) is 16.0 Å². The zero-order valence-electron chi connectivity index (χ0n) is 18.5. The molecule has 0 saturated carbocycles. The van der Waals surface area contributed by atoms with Crippen LogP contribution in [0.3, 0.4) is 0 Å².